The molecule has 0 bridgehead atoms. The van der Waals surface area contributed by atoms with Crippen LogP contribution in [-0.2, 0) is 14.4 Å². The molecule has 159 valence electrons. The monoisotopic (exact) mass is 747 g/mol. The highest BCUT2D eigenvalue weighted by molar-refractivity contribution is 14.1. The summed E-state index contributed by atoms with van der Waals surface area (Å²) in [6.45, 7) is -0.863. The van der Waals surface area contributed by atoms with Gasteiger partial charge in [-0.1, -0.05) is 0 Å². The fourth-order valence-corrected chi connectivity index (χ4v) is 6.05. The SMILES string of the molecule is O=[C]c1c(I)c(NC(=O)C(O)C(O)C(=O)O)c(I)c(C(=O)NCC(O)CO)c1I. The Hall–Kier alpha value is -0.670. The van der Waals surface area contributed by atoms with Crippen LogP contribution in [0.25, 0.3) is 0 Å². The minimum Gasteiger partial charge on any atom is -0.479 e. The van der Waals surface area contributed by atoms with Crippen molar-refractivity contribution in [3.63, 3.8) is 0 Å². The molecule has 1 rings (SSSR count). The molecular weight excluding hydrogens is 733 g/mol. The Bertz CT molecular complexity index is 834. The van der Waals surface area contributed by atoms with Crippen LogP contribution in [-0.4, -0.2) is 81.1 Å². The quantitative estimate of drug-likeness (QED) is 0.152. The van der Waals surface area contributed by atoms with Crippen LogP contribution >= 0.6 is 67.8 Å². The normalized spacial score (nSPS) is 13.9. The predicted octanol–water partition coefficient (Wildman–Crippen LogP) is -1.21. The number of rotatable bonds is 9. The lowest BCUT2D eigenvalue weighted by molar-refractivity contribution is -0.156. The van der Waals surface area contributed by atoms with E-state index in [-0.39, 0.29) is 34.1 Å². The van der Waals surface area contributed by atoms with Crippen molar-refractivity contribution >= 4 is 97.5 Å². The van der Waals surface area contributed by atoms with Gasteiger partial charge in [0, 0.05) is 10.1 Å². The number of aliphatic hydroxyl groups excluding tert-OH is 4. The maximum atomic E-state index is 12.5. The molecule has 0 heterocycles. The minimum absolute atomic E-state index is 0.0429. The second-order valence-corrected chi connectivity index (χ2v) is 8.67. The number of carboxylic acid groups (broad SMARTS) is 1. The zero-order valence-electron chi connectivity index (χ0n) is 14.1. The molecule has 1 aromatic carbocycles. The van der Waals surface area contributed by atoms with Gasteiger partial charge in [0.1, 0.15) is 0 Å². The molecule has 0 aliphatic carbocycles. The zero-order valence-corrected chi connectivity index (χ0v) is 20.6. The Morgan fingerprint density at radius 2 is 1.59 bits per heavy atom. The summed E-state index contributed by atoms with van der Waals surface area (Å²) in [5.41, 5.74) is -0.179. The number of carboxylic acids is 1. The third-order valence-electron chi connectivity index (χ3n) is 3.42. The first-order valence-electron chi connectivity index (χ1n) is 7.53. The highest BCUT2D eigenvalue weighted by atomic mass is 127. The van der Waals surface area contributed by atoms with Crippen molar-refractivity contribution in [1.82, 2.24) is 5.32 Å². The lowest BCUT2D eigenvalue weighted by Crippen LogP contribution is -2.43. The lowest BCUT2D eigenvalue weighted by Gasteiger charge is -2.20. The van der Waals surface area contributed by atoms with Gasteiger partial charge >= 0.3 is 5.97 Å². The molecular formula is C15H14I3N2O9. The molecule has 0 spiro atoms. The number of hydrogen-bond donors (Lipinski definition) is 7. The third-order valence-corrected chi connectivity index (χ3v) is 6.66. The molecule has 14 heteroatoms. The van der Waals surface area contributed by atoms with E-state index < -0.39 is 42.7 Å². The molecule has 3 unspecified atom stereocenters. The van der Waals surface area contributed by atoms with E-state index in [2.05, 4.69) is 10.6 Å². The van der Waals surface area contributed by atoms with Gasteiger partial charge in [0.25, 0.3) is 11.8 Å². The molecule has 29 heavy (non-hydrogen) atoms. The summed E-state index contributed by atoms with van der Waals surface area (Å²) in [7, 11) is 0. The molecule has 0 saturated carbocycles. The Kier molecular flexibility index (Phi) is 10.6. The first kappa shape index (κ1) is 26.4. The number of amides is 2. The highest BCUT2D eigenvalue weighted by Gasteiger charge is 2.32. The van der Waals surface area contributed by atoms with Crippen LogP contribution < -0.4 is 10.6 Å². The molecule has 0 aliphatic heterocycles. The van der Waals surface area contributed by atoms with Gasteiger partial charge in [-0.2, -0.15) is 0 Å². The van der Waals surface area contributed by atoms with E-state index in [0.29, 0.717) is 0 Å². The van der Waals surface area contributed by atoms with Crippen molar-refractivity contribution < 1.29 is 44.7 Å². The van der Waals surface area contributed by atoms with Gasteiger partial charge in [0.05, 0.1) is 36.7 Å². The fraction of sp³-hybridized carbons (Fsp3) is 0.333. The average Bonchev–Trinajstić information content (AvgIpc) is 2.68. The standard InChI is InChI=1S/C15H14I3N2O9/c16-7-5(3-22)8(17)10(20-14(27)11(24)12(25)15(28)29)9(18)6(7)13(26)19-1-4(23)2-21/h4,11-12,21,23-25H,1-2H2,(H,19,26)(H,20,27)(H,28,29). The van der Waals surface area contributed by atoms with Gasteiger partial charge in [-0.05, 0) is 67.8 Å². The Morgan fingerprint density at radius 1 is 1.00 bits per heavy atom. The first-order chi connectivity index (χ1) is 13.5. The topological polar surface area (TPSA) is 193 Å². The summed E-state index contributed by atoms with van der Waals surface area (Å²) in [5, 5.41) is 50.5. The lowest BCUT2D eigenvalue weighted by atomic mass is 10.1. The summed E-state index contributed by atoms with van der Waals surface area (Å²) in [4.78, 5) is 46.8. The van der Waals surface area contributed by atoms with Gasteiger partial charge in [-0.3, -0.25) is 14.4 Å². The largest absolute Gasteiger partial charge is 0.479 e. The van der Waals surface area contributed by atoms with Gasteiger partial charge in [-0.15, -0.1) is 0 Å². The number of hydrogen-bond acceptors (Lipinski definition) is 8. The van der Waals surface area contributed by atoms with Crippen LogP contribution in [0.3, 0.4) is 0 Å². The van der Waals surface area contributed by atoms with Crippen molar-refractivity contribution in [2.24, 2.45) is 0 Å². The molecule has 1 aromatic rings. The van der Waals surface area contributed by atoms with Crippen LogP contribution in [0.5, 0.6) is 0 Å². The number of aliphatic carboxylic acids is 1. The first-order valence-corrected chi connectivity index (χ1v) is 10.8. The van der Waals surface area contributed by atoms with Crippen molar-refractivity contribution in [3.8, 4) is 0 Å². The molecule has 0 aromatic heterocycles. The molecule has 7 N–H and O–H groups in total. The fourth-order valence-electron chi connectivity index (χ4n) is 1.90. The number of aliphatic hydroxyl groups is 4. The minimum atomic E-state index is -2.38. The second kappa shape index (κ2) is 11.6. The summed E-state index contributed by atoms with van der Waals surface area (Å²) in [6, 6.07) is 0. The average molecular weight is 747 g/mol. The Labute approximate surface area is 204 Å². The number of halogens is 3. The third kappa shape index (κ3) is 6.40. The van der Waals surface area contributed by atoms with E-state index >= 15 is 0 Å². The number of benzene rings is 1. The van der Waals surface area contributed by atoms with E-state index in [1.165, 1.54) is 0 Å². The summed E-state index contributed by atoms with van der Waals surface area (Å²) in [5.74, 6) is -3.80. The van der Waals surface area contributed by atoms with Gasteiger partial charge in [0.15, 0.2) is 12.2 Å². The number of carbonyl (C=O) groups is 3. The molecule has 0 fully saturated rings. The second-order valence-electron chi connectivity index (χ2n) is 5.43. The summed E-state index contributed by atoms with van der Waals surface area (Å²) in [6.07, 6.45) is -4.24. The van der Waals surface area contributed by atoms with Gasteiger partial charge in [-0.25, -0.2) is 4.79 Å². The maximum absolute atomic E-state index is 12.5. The van der Waals surface area contributed by atoms with Crippen LogP contribution in [0, 0.1) is 10.7 Å². The van der Waals surface area contributed by atoms with Crippen molar-refractivity contribution in [2.75, 3.05) is 18.5 Å². The summed E-state index contributed by atoms with van der Waals surface area (Å²) < 4.78 is 0.520. The maximum Gasteiger partial charge on any atom is 0.335 e. The molecule has 0 aliphatic rings. The van der Waals surface area contributed by atoms with Gasteiger partial charge < -0.3 is 36.2 Å². The van der Waals surface area contributed by atoms with Crippen LogP contribution in [0.4, 0.5) is 5.69 Å². The molecule has 0 saturated heterocycles. The van der Waals surface area contributed by atoms with E-state index in [4.69, 9.17) is 10.2 Å². The van der Waals surface area contributed by atoms with E-state index in [1.807, 2.05) is 0 Å². The smallest absolute Gasteiger partial charge is 0.335 e. The Balaban J connectivity index is 3.38. The van der Waals surface area contributed by atoms with Crippen molar-refractivity contribution in [2.45, 2.75) is 18.3 Å². The number of anilines is 1. The van der Waals surface area contributed by atoms with Crippen LogP contribution in [0.1, 0.15) is 15.9 Å². The molecule has 11 nitrogen and oxygen atoms in total. The Morgan fingerprint density at radius 3 is 2.07 bits per heavy atom. The van der Waals surface area contributed by atoms with Crippen LogP contribution in [0.2, 0.25) is 0 Å². The number of nitrogens with one attached hydrogen (secondary N) is 2. The molecule has 3 atom stereocenters. The van der Waals surface area contributed by atoms with Gasteiger partial charge in [0.2, 0.25) is 6.29 Å². The van der Waals surface area contributed by atoms with Crippen molar-refractivity contribution in [3.05, 3.63) is 21.8 Å². The molecule has 1 radical (unpaired) electrons. The zero-order chi connectivity index (χ0) is 22.5. The highest BCUT2D eigenvalue weighted by Crippen LogP contribution is 2.35. The predicted molar refractivity (Wildman–Crippen MR) is 123 cm³/mol. The molecule has 2 amide bonds. The van der Waals surface area contributed by atoms with E-state index in [1.54, 1.807) is 74.1 Å². The summed E-state index contributed by atoms with van der Waals surface area (Å²) >= 11 is 5.14. The van der Waals surface area contributed by atoms with Crippen LogP contribution in [0.15, 0.2) is 0 Å². The van der Waals surface area contributed by atoms with Crippen molar-refractivity contribution in [1.29, 1.82) is 0 Å². The number of carbonyl (C=O) groups excluding carboxylic acids is 3. The van der Waals surface area contributed by atoms with E-state index in [0.717, 1.165) is 0 Å². The van der Waals surface area contributed by atoms with E-state index in [9.17, 15) is 34.5 Å².